The minimum Gasteiger partial charge on any atom is -0.369 e. The molecule has 1 saturated heterocycles. The lowest BCUT2D eigenvalue weighted by Gasteiger charge is -2.28. The maximum atomic E-state index is 6.03. The number of halogens is 1. The minimum absolute atomic E-state index is 0.705. The SMILES string of the molecule is CN1CCC(CCNc2ncccc2Cl)CC1. The van der Waals surface area contributed by atoms with Crippen LogP contribution in [0.3, 0.4) is 0 Å². The second-order valence-corrected chi connectivity index (χ2v) is 5.20. The molecule has 0 spiro atoms. The molecule has 17 heavy (non-hydrogen) atoms. The number of aromatic nitrogens is 1. The molecular weight excluding hydrogens is 234 g/mol. The normalized spacial score (nSPS) is 18.2. The summed E-state index contributed by atoms with van der Waals surface area (Å²) in [6, 6.07) is 3.72. The third-order valence-electron chi connectivity index (χ3n) is 3.44. The van der Waals surface area contributed by atoms with Crippen LogP contribution in [-0.4, -0.2) is 36.6 Å². The average Bonchev–Trinajstić information content (AvgIpc) is 2.34. The van der Waals surface area contributed by atoms with Gasteiger partial charge in [0.15, 0.2) is 0 Å². The van der Waals surface area contributed by atoms with E-state index in [-0.39, 0.29) is 0 Å². The molecule has 2 rings (SSSR count). The predicted octanol–water partition coefficient (Wildman–Crippen LogP) is 2.88. The van der Waals surface area contributed by atoms with E-state index in [0.29, 0.717) is 5.02 Å². The number of rotatable bonds is 4. The summed E-state index contributed by atoms with van der Waals surface area (Å²) in [7, 11) is 2.20. The van der Waals surface area contributed by atoms with Crippen molar-refractivity contribution in [1.29, 1.82) is 0 Å². The Morgan fingerprint density at radius 2 is 2.24 bits per heavy atom. The Hall–Kier alpha value is -0.800. The van der Waals surface area contributed by atoms with E-state index >= 15 is 0 Å². The van der Waals surface area contributed by atoms with Gasteiger partial charge in [0.05, 0.1) is 5.02 Å². The van der Waals surface area contributed by atoms with E-state index in [1.807, 2.05) is 12.1 Å². The number of nitrogens with one attached hydrogen (secondary N) is 1. The molecule has 1 aliphatic rings. The van der Waals surface area contributed by atoms with E-state index in [1.54, 1.807) is 6.20 Å². The summed E-state index contributed by atoms with van der Waals surface area (Å²) in [5.74, 6) is 1.66. The third kappa shape index (κ3) is 3.86. The van der Waals surface area contributed by atoms with Gasteiger partial charge < -0.3 is 10.2 Å². The standard InChI is InChI=1S/C13H20ClN3/c1-17-9-5-11(6-10-17)4-8-16-13-12(14)3-2-7-15-13/h2-3,7,11H,4-6,8-10H2,1H3,(H,15,16). The monoisotopic (exact) mass is 253 g/mol. The molecule has 1 N–H and O–H groups in total. The Balaban J connectivity index is 1.71. The quantitative estimate of drug-likeness (QED) is 0.895. The van der Waals surface area contributed by atoms with Crippen molar-refractivity contribution in [3.05, 3.63) is 23.4 Å². The van der Waals surface area contributed by atoms with Crippen LogP contribution in [0.5, 0.6) is 0 Å². The molecule has 0 saturated carbocycles. The highest BCUT2D eigenvalue weighted by molar-refractivity contribution is 6.32. The molecule has 0 aromatic carbocycles. The number of pyridine rings is 1. The first-order chi connectivity index (χ1) is 8.25. The van der Waals surface area contributed by atoms with Crippen LogP contribution in [0.4, 0.5) is 5.82 Å². The Kier molecular flexibility index (Phi) is 4.63. The van der Waals surface area contributed by atoms with E-state index in [9.17, 15) is 0 Å². The Morgan fingerprint density at radius 3 is 2.94 bits per heavy atom. The highest BCUT2D eigenvalue weighted by atomic mass is 35.5. The molecule has 4 heteroatoms. The van der Waals surface area contributed by atoms with Crippen LogP contribution in [0, 0.1) is 5.92 Å². The lowest BCUT2D eigenvalue weighted by atomic mass is 9.94. The molecule has 1 aliphatic heterocycles. The summed E-state index contributed by atoms with van der Waals surface area (Å²) in [5.41, 5.74) is 0. The van der Waals surface area contributed by atoms with Gasteiger partial charge in [-0.15, -0.1) is 0 Å². The first kappa shape index (κ1) is 12.7. The minimum atomic E-state index is 0.705. The smallest absolute Gasteiger partial charge is 0.144 e. The first-order valence-electron chi connectivity index (χ1n) is 6.28. The lowest BCUT2D eigenvalue weighted by Crippen LogP contribution is -2.30. The van der Waals surface area contributed by atoms with Crippen molar-refractivity contribution >= 4 is 17.4 Å². The highest BCUT2D eigenvalue weighted by Crippen LogP contribution is 2.21. The molecule has 94 valence electrons. The van der Waals surface area contributed by atoms with Gasteiger partial charge >= 0.3 is 0 Å². The van der Waals surface area contributed by atoms with Gasteiger partial charge in [-0.3, -0.25) is 0 Å². The zero-order valence-corrected chi connectivity index (χ0v) is 11.1. The van der Waals surface area contributed by atoms with E-state index in [2.05, 4.69) is 22.2 Å². The van der Waals surface area contributed by atoms with Gasteiger partial charge in [0, 0.05) is 12.7 Å². The van der Waals surface area contributed by atoms with Gasteiger partial charge in [0.25, 0.3) is 0 Å². The van der Waals surface area contributed by atoms with E-state index in [1.165, 1.54) is 32.4 Å². The summed E-state index contributed by atoms with van der Waals surface area (Å²) in [4.78, 5) is 6.62. The number of likely N-dealkylation sites (tertiary alicyclic amines) is 1. The summed E-state index contributed by atoms with van der Waals surface area (Å²) in [6.07, 6.45) is 5.60. The summed E-state index contributed by atoms with van der Waals surface area (Å²) >= 11 is 6.03. The summed E-state index contributed by atoms with van der Waals surface area (Å²) < 4.78 is 0. The van der Waals surface area contributed by atoms with Gasteiger partial charge in [-0.1, -0.05) is 11.6 Å². The van der Waals surface area contributed by atoms with Crippen molar-refractivity contribution in [3.8, 4) is 0 Å². The number of hydrogen-bond donors (Lipinski definition) is 1. The van der Waals surface area contributed by atoms with E-state index < -0.39 is 0 Å². The van der Waals surface area contributed by atoms with Gasteiger partial charge in [0.2, 0.25) is 0 Å². The van der Waals surface area contributed by atoms with Crippen molar-refractivity contribution in [3.63, 3.8) is 0 Å². The molecular formula is C13H20ClN3. The Morgan fingerprint density at radius 1 is 1.47 bits per heavy atom. The third-order valence-corrected chi connectivity index (χ3v) is 3.75. The molecule has 0 atom stereocenters. The highest BCUT2D eigenvalue weighted by Gasteiger charge is 2.16. The second-order valence-electron chi connectivity index (χ2n) is 4.80. The predicted molar refractivity (Wildman–Crippen MR) is 72.6 cm³/mol. The fourth-order valence-electron chi connectivity index (χ4n) is 2.26. The molecule has 0 bridgehead atoms. The zero-order chi connectivity index (χ0) is 12.1. The molecule has 3 nitrogen and oxygen atoms in total. The van der Waals surface area contributed by atoms with Crippen molar-refractivity contribution < 1.29 is 0 Å². The second kappa shape index (κ2) is 6.22. The maximum Gasteiger partial charge on any atom is 0.144 e. The first-order valence-corrected chi connectivity index (χ1v) is 6.66. The fourth-order valence-corrected chi connectivity index (χ4v) is 2.45. The fraction of sp³-hybridized carbons (Fsp3) is 0.615. The number of anilines is 1. The van der Waals surface area contributed by atoms with Crippen molar-refractivity contribution in [2.75, 3.05) is 32.0 Å². The van der Waals surface area contributed by atoms with Crippen LogP contribution in [0.2, 0.25) is 5.02 Å². The largest absolute Gasteiger partial charge is 0.369 e. The number of hydrogen-bond acceptors (Lipinski definition) is 3. The van der Waals surface area contributed by atoms with Crippen LogP contribution in [0.1, 0.15) is 19.3 Å². The van der Waals surface area contributed by atoms with Gasteiger partial charge in [0.1, 0.15) is 5.82 Å². The van der Waals surface area contributed by atoms with Gasteiger partial charge in [-0.05, 0) is 57.5 Å². The number of nitrogens with zero attached hydrogens (tertiary/aromatic N) is 2. The van der Waals surface area contributed by atoms with Crippen LogP contribution < -0.4 is 5.32 Å². The molecule has 1 aromatic heterocycles. The maximum absolute atomic E-state index is 6.03. The van der Waals surface area contributed by atoms with Crippen molar-refractivity contribution in [2.45, 2.75) is 19.3 Å². The zero-order valence-electron chi connectivity index (χ0n) is 10.3. The van der Waals surface area contributed by atoms with Gasteiger partial charge in [-0.2, -0.15) is 0 Å². The number of piperidine rings is 1. The van der Waals surface area contributed by atoms with Gasteiger partial charge in [-0.25, -0.2) is 4.98 Å². The van der Waals surface area contributed by atoms with Crippen molar-refractivity contribution in [1.82, 2.24) is 9.88 Å². The molecule has 0 amide bonds. The molecule has 1 aromatic rings. The van der Waals surface area contributed by atoms with E-state index in [4.69, 9.17) is 11.6 Å². The van der Waals surface area contributed by atoms with Crippen LogP contribution in [0.25, 0.3) is 0 Å². The van der Waals surface area contributed by atoms with Crippen molar-refractivity contribution in [2.24, 2.45) is 5.92 Å². The van der Waals surface area contributed by atoms with Crippen LogP contribution in [-0.2, 0) is 0 Å². The average molecular weight is 254 g/mol. The molecule has 0 aliphatic carbocycles. The molecule has 0 radical (unpaired) electrons. The van der Waals surface area contributed by atoms with Crippen LogP contribution >= 0.6 is 11.6 Å². The molecule has 1 fully saturated rings. The summed E-state index contributed by atoms with van der Waals surface area (Å²) in [6.45, 7) is 3.43. The molecule has 0 unspecified atom stereocenters. The summed E-state index contributed by atoms with van der Waals surface area (Å²) in [5, 5.41) is 4.02. The lowest BCUT2D eigenvalue weighted by molar-refractivity contribution is 0.215. The topological polar surface area (TPSA) is 28.2 Å². The molecule has 2 heterocycles. The van der Waals surface area contributed by atoms with E-state index in [0.717, 1.165) is 18.3 Å². The Bertz CT molecular complexity index is 348. The van der Waals surface area contributed by atoms with Crippen LogP contribution in [0.15, 0.2) is 18.3 Å². The Labute approximate surface area is 108 Å².